The summed E-state index contributed by atoms with van der Waals surface area (Å²) in [6.45, 7) is -0.202. The van der Waals surface area contributed by atoms with Crippen LogP contribution in [0.4, 0.5) is 0 Å². The summed E-state index contributed by atoms with van der Waals surface area (Å²) in [6.07, 6.45) is 1.44. The largest absolute Gasteiger partial charge is 0.269 e. The minimum absolute atomic E-state index is 0.00241. The van der Waals surface area contributed by atoms with Crippen molar-refractivity contribution in [1.82, 2.24) is 9.29 Å². The zero-order chi connectivity index (χ0) is 15.0. The van der Waals surface area contributed by atoms with Crippen LogP contribution in [0, 0.1) is 11.3 Å². The monoisotopic (exact) mass is 299 g/mol. The fourth-order valence-corrected chi connectivity index (χ4v) is 3.76. The fourth-order valence-electron chi connectivity index (χ4n) is 2.21. The Kier molecular flexibility index (Phi) is 2.96. The number of hydrogen-bond donors (Lipinski definition) is 0. The van der Waals surface area contributed by atoms with Gasteiger partial charge in [0.2, 0.25) is 0 Å². The van der Waals surface area contributed by atoms with Crippen LogP contribution in [-0.4, -0.2) is 23.6 Å². The fraction of sp³-hybridized carbons (Fsp3) is 0.0714. The molecule has 0 fully saturated rings. The van der Waals surface area contributed by atoms with Gasteiger partial charge in [0.1, 0.15) is 16.7 Å². The number of fused-ring (bicyclic) bond motifs is 1. The van der Waals surface area contributed by atoms with Gasteiger partial charge in [-0.2, -0.15) is 5.26 Å². The Bertz CT molecular complexity index is 884. The Morgan fingerprint density at radius 2 is 1.95 bits per heavy atom. The Morgan fingerprint density at radius 1 is 1.19 bits per heavy atom. The minimum Gasteiger partial charge on any atom is -0.268 e. The van der Waals surface area contributed by atoms with Crippen molar-refractivity contribution in [2.24, 2.45) is 0 Å². The summed E-state index contributed by atoms with van der Waals surface area (Å²) in [5.74, 6) is -0.585. The molecule has 0 unspecified atom stereocenters. The Hall–Kier alpha value is -2.72. The van der Waals surface area contributed by atoms with Crippen LogP contribution in [0.25, 0.3) is 0 Å². The maximum atomic E-state index is 12.4. The molecule has 21 heavy (non-hydrogen) atoms. The molecule has 0 saturated heterocycles. The van der Waals surface area contributed by atoms with Crippen LogP contribution in [0.3, 0.4) is 0 Å². The van der Waals surface area contributed by atoms with E-state index in [1.165, 1.54) is 18.3 Å². The van der Waals surface area contributed by atoms with E-state index < -0.39 is 15.9 Å². The van der Waals surface area contributed by atoms with E-state index in [2.05, 4.69) is 4.98 Å². The predicted octanol–water partition coefficient (Wildman–Crippen LogP) is 1.30. The predicted molar refractivity (Wildman–Crippen MR) is 72.5 cm³/mol. The third kappa shape index (κ3) is 1.97. The van der Waals surface area contributed by atoms with Crippen LogP contribution in [0.15, 0.2) is 47.5 Å². The molecule has 1 amide bonds. The van der Waals surface area contributed by atoms with Crippen molar-refractivity contribution in [2.75, 3.05) is 0 Å². The molecule has 7 heteroatoms. The number of rotatable bonds is 2. The van der Waals surface area contributed by atoms with Crippen LogP contribution in [0.1, 0.15) is 21.6 Å². The smallest absolute Gasteiger partial charge is 0.268 e. The molecule has 0 atom stereocenters. The molecule has 0 saturated carbocycles. The van der Waals surface area contributed by atoms with Gasteiger partial charge < -0.3 is 0 Å². The Balaban J connectivity index is 2.06. The van der Waals surface area contributed by atoms with Crippen molar-refractivity contribution < 1.29 is 13.2 Å². The highest BCUT2D eigenvalue weighted by Gasteiger charge is 2.40. The number of nitriles is 1. The maximum absolute atomic E-state index is 12.4. The van der Waals surface area contributed by atoms with Crippen molar-refractivity contribution in [3.05, 3.63) is 59.4 Å². The van der Waals surface area contributed by atoms with Gasteiger partial charge in [0.05, 0.1) is 12.1 Å². The molecule has 3 rings (SSSR count). The average Bonchev–Trinajstić information content (AvgIpc) is 2.69. The number of sulfonamides is 1. The van der Waals surface area contributed by atoms with E-state index in [1.807, 2.05) is 6.07 Å². The summed E-state index contributed by atoms with van der Waals surface area (Å²) in [4.78, 5) is 16.1. The van der Waals surface area contributed by atoms with Gasteiger partial charge >= 0.3 is 0 Å². The zero-order valence-corrected chi connectivity index (χ0v) is 11.5. The molecule has 0 bridgehead atoms. The molecule has 1 aromatic heterocycles. The first kappa shape index (κ1) is 13.3. The topological polar surface area (TPSA) is 91.1 Å². The van der Waals surface area contributed by atoms with Gasteiger partial charge in [-0.3, -0.25) is 4.79 Å². The third-order valence-corrected chi connectivity index (χ3v) is 5.01. The second-order valence-electron chi connectivity index (χ2n) is 4.44. The average molecular weight is 299 g/mol. The second kappa shape index (κ2) is 4.68. The molecule has 0 aliphatic carbocycles. The van der Waals surface area contributed by atoms with Gasteiger partial charge in [0.25, 0.3) is 15.9 Å². The molecule has 1 aliphatic heterocycles. The minimum atomic E-state index is -3.87. The van der Waals surface area contributed by atoms with E-state index in [4.69, 9.17) is 5.26 Å². The summed E-state index contributed by atoms with van der Waals surface area (Å²) in [5.41, 5.74) is 0.654. The van der Waals surface area contributed by atoms with Gasteiger partial charge in [0, 0.05) is 11.8 Å². The second-order valence-corrected chi connectivity index (χ2v) is 6.27. The number of pyridine rings is 1. The Labute approximate surface area is 121 Å². The number of nitrogens with zero attached hydrogens (tertiary/aromatic N) is 3. The lowest BCUT2D eigenvalue weighted by atomic mass is 10.2. The molecular weight excluding hydrogens is 290 g/mol. The van der Waals surface area contributed by atoms with Crippen LogP contribution >= 0.6 is 0 Å². The van der Waals surface area contributed by atoms with E-state index in [-0.39, 0.29) is 22.7 Å². The lowest BCUT2D eigenvalue weighted by molar-refractivity contribution is 0.0865. The van der Waals surface area contributed by atoms with Crippen LogP contribution < -0.4 is 0 Å². The van der Waals surface area contributed by atoms with E-state index in [1.54, 1.807) is 24.3 Å². The first-order valence-electron chi connectivity index (χ1n) is 6.06. The SMILES string of the molecule is N#Cc1ncccc1CN1C(=O)c2ccccc2S1(=O)=O. The molecule has 1 aromatic carbocycles. The van der Waals surface area contributed by atoms with E-state index in [0.717, 1.165) is 4.31 Å². The lowest BCUT2D eigenvalue weighted by Gasteiger charge is -2.15. The molecular formula is C14H9N3O3S. The van der Waals surface area contributed by atoms with E-state index in [0.29, 0.717) is 5.56 Å². The van der Waals surface area contributed by atoms with Crippen molar-refractivity contribution >= 4 is 15.9 Å². The highest BCUT2D eigenvalue weighted by atomic mass is 32.2. The first-order valence-corrected chi connectivity index (χ1v) is 7.50. The normalized spacial score (nSPS) is 15.6. The lowest BCUT2D eigenvalue weighted by Crippen LogP contribution is -2.29. The van der Waals surface area contributed by atoms with Crippen LogP contribution in [-0.2, 0) is 16.6 Å². The molecule has 2 heterocycles. The van der Waals surface area contributed by atoms with Crippen molar-refractivity contribution in [3.8, 4) is 6.07 Å². The van der Waals surface area contributed by atoms with Crippen LogP contribution in [0.5, 0.6) is 0 Å². The van der Waals surface area contributed by atoms with Crippen LogP contribution in [0.2, 0.25) is 0 Å². The number of hydrogen-bond acceptors (Lipinski definition) is 5. The van der Waals surface area contributed by atoms with Crippen molar-refractivity contribution in [1.29, 1.82) is 5.26 Å². The van der Waals surface area contributed by atoms with E-state index in [9.17, 15) is 13.2 Å². The van der Waals surface area contributed by atoms with Crippen molar-refractivity contribution in [2.45, 2.75) is 11.4 Å². The first-order chi connectivity index (χ1) is 10.1. The Morgan fingerprint density at radius 3 is 2.67 bits per heavy atom. The number of carbonyl (C=O) groups excluding carboxylic acids is 1. The summed E-state index contributed by atoms with van der Waals surface area (Å²) >= 11 is 0. The zero-order valence-electron chi connectivity index (χ0n) is 10.7. The van der Waals surface area contributed by atoms with Gasteiger partial charge in [-0.25, -0.2) is 17.7 Å². The summed E-state index contributed by atoms with van der Waals surface area (Å²) in [6, 6.07) is 11.1. The van der Waals surface area contributed by atoms with Gasteiger partial charge in [-0.1, -0.05) is 18.2 Å². The highest BCUT2D eigenvalue weighted by Crippen LogP contribution is 2.31. The highest BCUT2D eigenvalue weighted by molar-refractivity contribution is 7.90. The summed E-state index contributed by atoms with van der Waals surface area (Å²) < 4.78 is 25.6. The van der Waals surface area contributed by atoms with Gasteiger partial charge in [0.15, 0.2) is 0 Å². The summed E-state index contributed by atoms with van der Waals surface area (Å²) in [7, 11) is -3.87. The summed E-state index contributed by atoms with van der Waals surface area (Å²) in [5, 5.41) is 9.00. The van der Waals surface area contributed by atoms with Gasteiger partial charge in [-0.05, 0) is 18.2 Å². The van der Waals surface area contributed by atoms with Gasteiger partial charge in [-0.15, -0.1) is 0 Å². The number of aromatic nitrogens is 1. The molecule has 0 N–H and O–H groups in total. The number of benzene rings is 1. The molecule has 104 valence electrons. The molecule has 2 aromatic rings. The molecule has 0 radical (unpaired) electrons. The number of carbonyl (C=O) groups is 1. The third-order valence-electron chi connectivity index (χ3n) is 3.22. The molecule has 0 spiro atoms. The molecule has 6 nitrogen and oxygen atoms in total. The quantitative estimate of drug-likeness (QED) is 0.833. The van der Waals surface area contributed by atoms with E-state index >= 15 is 0 Å². The number of amides is 1. The molecule has 1 aliphatic rings. The standard InChI is InChI=1S/C14H9N3O3S/c15-8-12-10(4-3-7-16-12)9-17-14(18)11-5-1-2-6-13(11)21(17,19)20/h1-7H,9H2. The van der Waals surface area contributed by atoms with Crippen molar-refractivity contribution in [3.63, 3.8) is 0 Å². The maximum Gasteiger partial charge on any atom is 0.269 e.